The molecule has 0 aliphatic carbocycles. The Labute approximate surface area is 117 Å². The summed E-state index contributed by atoms with van der Waals surface area (Å²) in [5.74, 6) is -1.26. The van der Waals surface area contributed by atoms with Crippen molar-refractivity contribution in [2.24, 2.45) is 0 Å². The fraction of sp³-hybridized carbons (Fsp3) is 0.429. The second kappa shape index (κ2) is 7.02. The van der Waals surface area contributed by atoms with Gasteiger partial charge in [0.1, 0.15) is 0 Å². The van der Waals surface area contributed by atoms with E-state index in [0.29, 0.717) is 12.1 Å². The third kappa shape index (κ3) is 4.04. The Hall–Kier alpha value is -1.92. The molecule has 108 valence electrons. The van der Waals surface area contributed by atoms with Gasteiger partial charge in [-0.1, -0.05) is 6.07 Å². The summed E-state index contributed by atoms with van der Waals surface area (Å²) in [6, 6.07) is 6.06. The van der Waals surface area contributed by atoms with Gasteiger partial charge >= 0.3 is 5.97 Å². The topological polar surface area (TPSA) is 81.7 Å². The molecule has 0 bridgehead atoms. The van der Waals surface area contributed by atoms with Crippen molar-refractivity contribution in [2.45, 2.75) is 0 Å². The highest BCUT2D eigenvalue weighted by Gasteiger charge is 2.11. The maximum atomic E-state index is 11.9. The van der Waals surface area contributed by atoms with Crippen molar-refractivity contribution >= 4 is 11.9 Å². The van der Waals surface area contributed by atoms with Crippen LogP contribution in [0.15, 0.2) is 24.3 Å². The van der Waals surface area contributed by atoms with Crippen LogP contribution in [-0.2, 0) is 0 Å². The number of carboxylic acids is 1. The highest BCUT2D eigenvalue weighted by Crippen LogP contribution is 2.05. The number of rotatable bonds is 5. The molecule has 0 radical (unpaired) electrons. The molecule has 0 spiro atoms. The van der Waals surface area contributed by atoms with E-state index in [1.807, 2.05) is 0 Å². The first-order chi connectivity index (χ1) is 9.66. The van der Waals surface area contributed by atoms with Gasteiger partial charge in [-0.3, -0.25) is 9.69 Å². The second-order valence-electron chi connectivity index (χ2n) is 4.73. The number of benzene rings is 1. The Morgan fingerprint density at radius 2 is 1.95 bits per heavy atom. The van der Waals surface area contributed by atoms with Gasteiger partial charge in [-0.15, -0.1) is 0 Å². The van der Waals surface area contributed by atoms with Crippen LogP contribution >= 0.6 is 0 Å². The van der Waals surface area contributed by atoms with Crippen molar-refractivity contribution in [3.05, 3.63) is 35.4 Å². The Morgan fingerprint density at radius 1 is 1.25 bits per heavy atom. The standard InChI is InChI=1S/C14H19N3O3/c18-13(11-2-1-3-12(10-11)14(19)20)16-6-9-17-7-4-15-5-8-17/h1-3,10,15H,4-9H2,(H,16,18)(H,19,20). The molecular formula is C14H19N3O3. The number of hydrogen-bond acceptors (Lipinski definition) is 4. The molecule has 1 saturated heterocycles. The number of nitrogens with one attached hydrogen (secondary N) is 2. The van der Waals surface area contributed by atoms with Crippen molar-refractivity contribution in [1.82, 2.24) is 15.5 Å². The summed E-state index contributed by atoms with van der Waals surface area (Å²) < 4.78 is 0. The fourth-order valence-corrected chi connectivity index (χ4v) is 2.16. The molecule has 3 N–H and O–H groups in total. The van der Waals surface area contributed by atoms with Crippen molar-refractivity contribution in [1.29, 1.82) is 0 Å². The van der Waals surface area contributed by atoms with Crippen molar-refractivity contribution in [2.75, 3.05) is 39.3 Å². The van der Waals surface area contributed by atoms with E-state index in [2.05, 4.69) is 15.5 Å². The first kappa shape index (κ1) is 14.5. The molecule has 1 aromatic carbocycles. The van der Waals surface area contributed by atoms with Crippen LogP contribution in [0.5, 0.6) is 0 Å². The number of amides is 1. The first-order valence-electron chi connectivity index (χ1n) is 6.71. The van der Waals surface area contributed by atoms with Gasteiger partial charge in [0.05, 0.1) is 5.56 Å². The van der Waals surface area contributed by atoms with Crippen molar-refractivity contribution in [3.63, 3.8) is 0 Å². The highest BCUT2D eigenvalue weighted by atomic mass is 16.4. The molecule has 0 aromatic heterocycles. The highest BCUT2D eigenvalue weighted by molar-refractivity contribution is 5.97. The maximum absolute atomic E-state index is 11.9. The third-order valence-corrected chi connectivity index (χ3v) is 3.29. The minimum absolute atomic E-state index is 0.125. The minimum atomic E-state index is -1.03. The van der Waals surface area contributed by atoms with Crippen molar-refractivity contribution < 1.29 is 14.7 Å². The molecule has 1 aliphatic heterocycles. The molecule has 2 rings (SSSR count). The molecule has 6 nitrogen and oxygen atoms in total. The summed E-state index contributed by atoms with van der Waals surface area (Å²) in [7, 11) is 0. The Balaban J connectivity index is 1.82. The summed E-state index contributed by atoms with van der Waals surface area (Å²) in [6.45, 7) is 5.32. The maximum Gasteiger partial charge on any atom is 0.335 e. The molecule has 6 heteroatoms. The SMILES string of the molecule is O=C(O)c1cccc(C(=O)NCCN2CCNCC2)c1. The number of carboxylic acid groups (broad SMARTS) is 1. The smallest absolute Gasteiger partial charge is 0.335 e. The summed E-state index contributed by atoms with van der Waals surface area (Å²) >= 11 is 0. The monoisotopic (exact) mass is 277 g/mol. The number of aromatic carboxylic acids is 1. The lowest BCUT2D eigenvalue weighted by molar-refractivity contribution is 0.0697. The quantitative estimate of drug-likeness (QED) is 0.707. The lowest BCUT2D eigenvalue weighted by Crippen LogP contribution is -2.46. The average Bonchev–Trinajstić information content (AvgIpc) is 2.48. The molecule has 1 amide bonds. The number of piperazine rings is 1. The molecule has 1 heterocycles. The lowest BCUT2D eigenvalue weighted by atomic mass is 10.1. The van der Waals surface area contributed by atoms with E-state index < -0.39 is 5.97 Å². The van der Waals surface area contributed by atoms with E-state index in [4.69, 9.17) is 5.11 Å². The zero-order valence-corrected chi connectivity index (χ0v) is 11.3. The Morgan fingerprint density at radius 3 is 2.65 bits per heavy atom. The van der Waals surface area contributed by atoms with E-state index in [9.17, 15) is 9.59 Å². The van der Waals surface area contributed by atoms with Gasteiger partial charge in [-0.25, -0.2) is 4.79 Å². The molecular weight excluding hydrogens is 258 g/mol. The molecule has 20 heavy (non-hydrogen) atoms. The lowest BCUT2D eigenvalue weighted by Gasteiger charge is -2.27. The fourth-order valence-electron chi connectivity index (χ4n) is 2.16. The molecule has 0 atom stereocenters. The van der Waals surface area contributed by atoms with Crippen LogP contribution in [0.25, 0.3) is 0 Å². The largest absolute Gasteiger partial charge is 0.478 e. The number of carbonyl (C=O) groups excluding carboxylic acids is 1. The zero-order valence-electron chi connectivity index (χ0n) is 11.3. The van der Waals surface area contributed by atoms with Crippen molar-refractivity contribution in [3.8, 4) is 0 Å². The molecule has 0 unspecified atom stereocenters. The number of hydrogen-bond donors (Lipinski definition) is 3. The number of nitrogens with zero attached hydrogens (tertiary/aromatic N) is 1. The van der Waals surface area contributed by atoms with Crippen LogP contribution in [0.1, 0.15) is 20.7 Å². The molecule has 0 saturated carbocycles. The van der Waals surface area contributed by atoms with Crippen LogP contribution in [0.3, 0.4) is 0 Å². The first-order valence-corrected chi connectivity index (χ1v) is 6.71. The minimum Gasteiger partial charge on any atom is -0.478 e. The third-order valence-electron chi connectivity index (χ3n) is 3.29. The van der Waals surface area contributed by atoms with Crippen LogP contribution in [0.4, 0.5) is 0 Å². The summed E-state index contributed by atoms with van der Waals surface area (Å²) in [4.78, 5) is 25.1. The van der Waals surface area contributed by atoms with E-state index in [0.717, 1.165) is 32.7 Å². The summed E-state index contributed by atoms with van der Waals surface area (Å²) in [5, 5.41) is 15.0. The predicted octanol–water partition coefficient (Wildman–Crippen LogP) is 0.0198. The second-order valence-corrected chi connectivity index (χ2v) is 4.73. The summed E-state index contributed by atoms with van der Waals surface area (Å²) in [6.07, 6.45) is 0. The van der Waals surface area contributed by atoms with Crippen LogP contribution in [0.2, 0.25) is 0 Å². The van der Waals surface area contributed by atoms with Crippen LogP contribution in [-0.4, -0.2) is 61.2 Å². The van der Waals surface area contributed by atoms with E-state index in [-0.39, 0.29) is 11.5 Å². The summed E-state index contributed by atoms with van der Waals surface area (Å²) in [5.41, 5.74) is 0.505. The van der Waals surface area contributed by atoms with E-state index in [1.165, 1.54) is 12.1 Å². The normalized spacial score (nSPS) is 15.8. The van der Waals surface area contributed by atoms with Gasteiger partial charge in [0.15, 0.2) is 0 Å². The Kier molecular flexibility index (Phi) is 5.09. The van der Waals surface area contributed by atoms with Gasteiger partial charge in [0, 0.05) is 44.8 Å². The molecule has 1 aromatic rings. The molecule has 1 fully saturated rings. The average molecular weight is 277 g/mol. The van der Waals surface area contributed by atoms with Gasteiger partial charge in [0.2, 0.25) is 0 Å². The van der Waals surface area contributed by atoms with Gasteiger partial charge in [-0.05, 0) is 18.2 Å². The van der Waals surface area contributed by atoms with E-state index in [1.54, 1.807) is 12.1 Å². The molecule has 1 aliphatic rings. The Bertz CT molecular complexity index is 484. The van der Waals surface area contributed by atoms with Gasteiger partial charge in [0.25, 0.3) is 5.91 Å². The van der Waals surface area contributed by atoms with Crippen LogP contribution in [0, 0.1) is 0 Å². The van der Waals surface area contributed by atoms with E-state index >= 15 is 0 Å². The number of carbonyl (C=O) groups is 2. The van der Waals surface area contributed by atoms with Crippen LogP contribution < -0.4 is 10.6 Å². The zero-order chi connectivity index (χ0) is 14.4. The predicted molar refractivity (Wildman–Crippen MR) is 75.0 cm³/mol. The van der Waals surface area contributed by atoms with Gasteiger partial charge < -0.3 is 15.7 Å². The van der Waals surface area contributed by atoms with Gasteiger partial charge in [-0.2, -0.15) is 0 Å².